The summed E-state index contributed by atoms with van der Waals surface area (Å²) in [6.07, 6.45) is 1.53. The number of carboxylic acids is 1. The predicted molar refractivity (Wildman–Crippen MR) is 50.9 cm³/mol. The maximum Gasteiger partial charge on any atom is 0.320 e. The van der Waals surface area contributed by atoms with Crippen LogP contribution in [0.25, 0.3) is 0 Å². The van der Waals surface area contributed by atoms with Crippen molar-refractivity contribution < 1.29 is 23.1 Å². The van der Waals surface area contributed by atoms with Crippen molar-refractivity contribution in [2.75, 3.05) is 19.0 Å². The normalized spacial score (nSPS) is 31.7. The topological polar surface area (TPSA) is 83.9 Å². The summed E-state index contributed by atoms with van der Waals surface area (Å²) < 4.78 is 30.1. The monoisotopic (exact) mass is 235 g/mol. The smallest absolute Gasteiger partial charge is 0.320 e. The Morgan fingerprint density at radius 3 is 2.33 bits per heavy atom. The van der Waals surface area contributed by atoms with Crippen molar-refractivity contribution in [2.24, 2.45) is 0 Å². The van der Waals surface area contributed by atoms with Gasteiger partial charge in [-0.2, -0.15) is 4.31 Å². The van der Waals surface area contributed by atoms with Gasteiger partial charge in [-0.25, -0.2) is 8.42 Å². The van der Waals surface area contributed by atoms with Crippen LogP contribution >= 0.6 is 0 Å². The molecule has 0 spiro atoms. The third-order valence-electron chi connectivity index (χ3n) is 2.80. The van der Waals surface area contributed by atoms with Gasteiger partial charge in [0.25, 0.3) is 0 Å². The summed E-state index contributed by atoms with van der Waals surface area (Å²) in [5, 5.41) is 8.54. The van der Waals surface area contributed by atoms with Crippen molar-refractivity contribution in [3.8, 4) is 0 Å². The van der Waals surface area contributed by atoms with Crippen LogP contribution in [-0.2, 0) is 19.6 Å². The second-order valence-electron chi connectivity index (χ2n) is 3.90. The minimum absolute atomic E-state index is 0.159. The van der Waals surface area contributed by atoms with Crippen LogP contribution in [0.2, 0.25) is 0 Å². The fourth-order valence-electron chi connectivity index (χ4n) is 2.28. The number of carbonyl (C=O) groups is 1. The molecule has 2 heterocycles. The Bertz CT molecular complexity index is 349. The van der Waals surface area contributed by atoms with E-state index in [0.717, 1.165) is 12.8 Å². The zero-order valence-electron chi connectivity index (χ0n) is 8.13. The summed E-state index contributed by atoms with van der Waals surface area (Å²) in [4.78, 5) is 10.5. The standard InChI is InChI=1S/C8H13NO5S/c10-8(11)5-15(12,13)9-6-1-2-7(9)4-14-3-6/h6-7H,1-5H2,(H,10,11). The van der Waals surface area contributed by atoms with E-state index in [4.69, 9.17) is 9.84 Å². The molecule has 86 valence electrons. The number of rotatable bonds is 3. The molecule has 2 unspecified atom stereocenters. The van der Waals surface area contributed by atoms with E-state index in [1.54, 1.807) is 0 Å². The molecular formula is C8H13NO5S. The number of aliphatic carboxylic acids is 1. The Hall–Kier alpha value is -0.660. The molecule has 2 aliphatic heterocycles. The Morgan fingerprint density at radius 2 is 1.87 bits per heavy atom. The number of nitrogens with zero attached hydrogens (tertiary/aromatic N) is 1. The number of fused-ring (bicyclic) bond motifs is 2. The number of carboxylic acid groups (broad SMARTS) is 1. The third kappa shape index (κ3) is 1.99. The third-order valence-corrected chi connectivity index (χ3v) is 4.65. The van der Waals surface area contributed by atoms with Crippen molar-refractivity contribution in [1.82, 2.24) is 4.31 Å². The molecule has 15 heavy (non-hydrogen) atoms. The Kier molecular flexibility index (Phi) is 2.70. The van der Waals surface area contributed by atoms with E-state index in [2.05, 4.69) is 0 Å². The minimum Gasteiger partial charge on any atom is -0.480 e. The first-order chi connectivity index (χ1) is 7.00. The molecule has 2 fully saturated rings. The summed E-state index contributed by atoms with van der Waals surface area (Å²) in [5.74, 6) is -2.12. The van der Waals surface area contributed by atoms with Crippen LogP contribution in [0.15, 0.2) is 0 Å². The molecule has 6 nitrogen and oxygen atoms in total. The predicted octanol–water partition coefficient (Wildman–Crippen LogP) is -0.736. The number of hydrogen-bond acceptors (Lipinski definition) is 4. The maximum absolute atomic E-state index is 11.7. The average molecular weight is 235 g/mol. The molecule has 2 rings (SSSR count). The number of morpholine rings is 1. The summed E-state index contributed by atoms with van der Waals surface area (Å²) in [6, 6.07) is -0.318. The lowest BCUT2D eigenvalue weighted by molar-refractivity contribution is -0.134. The number of hydrogen-bond donors (Lipinski definition) is 1. The van der Waals surface area contributed by atoms with Crippen LogP contribution < -0.4 is 0 Å². The van der Waals surface area contributed by atoms with Gasteiger partial charge in [-0.3, -0.25) is 4.79 Å². The van der Waals surface area contributed by atoms with Gasteiger partial charge in [0.1, 0.15) is 0 Å². The largest absolute Gasteiger partial charge is 0.480 e. The molecule has 2 atom stereocenters. The van der Waals surface area contributed by atoms with E-state index >= 15 is 0 Å². The molecule has 2 saturated heterocycles. The summed E-state index contributed by atoms with van der Waals surface area (Å²) >= 11 is 0. The second kappa shape index (κ2) is 3.73. The molecule has 7 heteroatoms. The van der Waals surface area contributed by atoms with Crippen molar-refractivity contribution in [1.29, 1.82) is 0 Å². The first-order valence-corrected chi connectivity index (χ1v) is 6.42. The highest BCUT2D eigenvalue weighted by atomic mass is 32.2. The first kappa shape index (κ1) is 10.8. The molecule has 2 bridgehead atoms. The van der Waals surface area contributed by atoms with Crippen LogP contribution in [0.1, 0.15) is 12.8 Å². The minimum atomic E-state index is -3.66. The molecule has 0 aromatic rings. The number of sulfonamides is 1. The van der Waals surface area contributed by atoms with Crippen molar-refractivity contribution in [2.45, 2.75) is 24.9 Å². The van der Waals surface area contributed by atoms with Gasteiger partial charge in [-0.1, -0.05) is 0 Å². The lowest BCUT2D eigenvalue weighted by Gasteiger charge is -2.32. The fourth-order valence-corrected chi connectivity index (χ4v) is 3.98. The van der Waals surface area contributed by atoms with Crippen LogP contribution in [-0.4, -0.2) is 54.8 Å². The quantitative estimate of drug-likeness (QED) is 0.696. The summed E-state index contributed by atoms with van der Waals surface area (Å²) in [5.41, 5.74) is 0. The highest BCUT2D eigenvalue weighted by Gasteiger charge is 2.44. The van der Waals surface area contributed by atoms with Crippen LogP contribution in [0.5, 0.6) is 0 Å². The molecule has 0 amide bonds. The summed E-state index contributed by atoms with van der Waals surface area (Å²) in [7, 11) is -3.66. The van der Waals surface area contributed by atoms with E-state index in [0.29, 0.717) is 13.2 Å². The summed E-state index contributed by atoms with van der Waals surface area (Å²) in [6.45, 7) is 0.769. The highest BCUT2D eigenvalue weighted by molar-refractivity contribution is 7.89. The van der Waals surface area contributed by atoms with Gasteiger partial charge in [-0.05, 0) is 12.8 Å². The van der Waals surface area contributed by atoms with Crippen LogP contribution in [0.3, 0.4) is 0 Å². The molecule has 0 aromatic carbocycles. The van der Waals surface area contributed by atoms with Gasteiger partial charge in [0, 0.05) is 12.1 Å². The van der Waals surface area contributed by atoms with Crippen molar-refractivity contribution >= 4 is 16.0 Å². The van der Waals surface area contributed by atoms with E-state index in [-0.39, 0.29) is 12.1 Å². The van der Waals surface area contributed by atoms with E-state index < -0.39 is 21.7 Å². The Morgan fingerprint density at radius 1 is 1.33 bits per heavy atom. The Balaban J connectivity index is 2.20. The molecule has 0 saturated carbocycles. The number of ether oxygens (including phenoxy) is 1. The van der Waals surface area contributed by atoms with Gasteiger partial charge >= 0.3 is 5.97 Å². The van der Waals surface area contributed by atoms with Gasteiger partial charge < -0.3 is 9.84 Å². The van der Waals surface area contributed by atoms with Crippen molar-refractivity contribution in [3.05, 3.63) is 0 Å². The fraction of sp³-hybridized carbons (Fsp3) is 0.875. The lowest BCUT2D eigenvalue weighted by Crippen LogP contribution is -2.50. The van der Waals surface area contributed by atoms with E-state index in [1.807, 2.05) is 0 Å². The van der Waals surface area contributed by atoms with Gasteiger partial charge in [0.05, 0.1) is 13.2 Å². The molecule has 0 aliphatic carbocycles. The molecular weight excluding hydrogens is 222 g/mol. The van der Waals surface area contributed by atoms with Gasteiger partial charge in [0.2, 0.25) is 10.0 Å². The zero-order valence-corrected chi connectivity index (χ0v) is 8.94. The molecule has 1 N–H and O–H groups in total. The van der Waals surface area contributed by atoms with Gasteiger partial charge in [0.15, 0.2) is 5.75 Å². The van der Waals surface area contributed by atoms with E-state index in [9.17, 15) is 13.2 Å². The second-order valence-corrected chi connectivity index (χ2v) is 5.78. The van der Waals surface area contributed by atoms with E-state index in [1.165, 1.54) is 4.31 Å². The van der Waals surface area contributed by atoms with Gasteiger partial charge in [-0.15, -0.1) is 0 Å². The first-order valence-electron chi connectivity index (χ1n) is 4.81. The molecule has 0 radical (unpaired) electrons. The average Bonchev–Trinajstić information content (AvgIpc) is 2.37. The zero-order chi connectivity index (χ0) is 11.1. The highest BCUT2D eigenvalue weighted by Crippen LogP contribution is 2.31. The SMILES string of the molecule is O=C(O)CS(=O)(=O)N1C2CCC1COC2. The van der Waals surface area contributed by atoms with Crippen LogP contribution in [0, 0.1) is 0 Å². The lowest BCUT2D eigenvalue weighted by atomic mass is 10.2. The molecule has 0 aromatic heterocycles. The molecule has 2 aliphatic rings. The van der Waals surface area contributed by atoms with Crippen molar-refractivity contribution in [3.63, 3.8) is 0 Å². The van der Waals surface area contributed by atoms with Crippen LogP contribution in [0.4, 0.5) is 0 Å². The maximum atomic E-state index is 11.7. The Labute approximate surface area is 87.9 Å².